The zero-order chi connectivity index (χ0) is 15.7. The third-order valence-electron chi connectivity index (χ3n) is 3.99. The number of hydrogen-bond donors (Lipinski definition) is 1. The fraction of sp³-hybridized carbons (Fsp3) is 0.647. The van der Waals surface area contributed by atoms with Crippen molar-refractivity contribution in [3.05, 3.63) is 35.9 Å². The van der Waals surface area contributed by atoms with E-state index in [2.05, 4.69) is 30.9 Å². The van der Waals surface area contributed by atoms with Gasteiger partial charge in [0.2, 0.25) is 0 Å². The standard InChI is InChI=1S/C17H29NO3/c1-15(12-21-4)18(10-11-20-3)13-17(2,14-19)16-8-6-5-7-9-16/h5-9,15,19H,10-14H2,1-4H3. The molecular formula is C17H29NO3. The highest BCUT2D eigenvalue weighted by atomic mass is 16.5. The first-order chi connectivity index (χ1) is 10.1. The Kier molecular flexibility index (Phi) is 7.89. The average Bonchev–Trinajstić information content (AvgIpc) is 2.52. The minimum Gasteiger partial charge on any atom is -0.395 e. The lowest BCUT2D eigenvalue weighted by Crippen LogP contribution is -2.47. The lowest BCUT2D eigenvalue weighted by atomic mass is 9.82. The van der Waals surface area contributed by atoms with Crippen LogP contribution in [0.2, 0.25) is 0 Å². The Labute approximate surface area is 128 Å². The Morgan fingerprint density at radius 2 is 1.86 bits per heavy atom. The molecule has 1 aromatic carbocycles. The maximum Gasteiger partial charge on any atom is 0.0615 e. The van der Waals surface area contributed by atoms with Crippen molar-refractivity contribution in [1.82, 2.24) is 4.90 Å². The van der Waals surface area contributed by atoms with Gasteiger partial charge in [0.05, 0.1) is 19.8 Å². The molecule has 0 heterocycles. The predicted molar refractivity (Wildman–Crippen MR) is 85.7 cm³/mol. The normalized spacial score (nSPS) is 15.9. The van der Waals surface area contributed by atoms with Gasteiger partial charge in [-0.1, -0.05) is 37.3 Å². The number of ether oxygens (including phenoxy) is 2. The Balaban J connectivity index is 2.86. The number of nitrogens with zero attached hydrogens (tertiary/aromatic N) is 1. The van der Waals surface area contributed by atoms with Gasteiger partial charge in [-0.05, 0) is 12.5 Å². The third kappa shape index (κ3) is 5.40. The van der Waals surface area contributed by atoms with Crippen molar-refractivity contribution in [1.29, 1.82) is 0 Å². The first kappa shape index (κ1) is 18.1. The number of benzene rings is 1. The van der Waals surface area contributed by atoms with Crippen LogP contribution in [-0.4, -0.2) is 63.2 Å². The Morgan fingerprint density at radius 3 is 2.38 bits per heavy atom. The molecule has 0 saturated carbocycles. The van der Waals surface area contributed by atoms with Crippen LogP contribution in [0.1, 0.15) is 19.4 Å². The lowest BCUT2D eigenvalue weighted by Gasteiger charge is -2.37. The summed E-state index contributed by atoms with van der Waals surface area (Å²) in [6.07, 6.45) is 0. The molecule has 21 heavy (non-hydrogen) atoms. The number of methoxy groups -OCH3 is 2. The molecular weight excluding hydrogens is 266 g/mol. The second-order valence-corrected chi connectivity index (χ2v) is 5.85. The first-order valence-electron chi connectivity index (χ1n) is 7.45. The minimum absolute atomic E-state index is 0.111. The number of aliphatic hydroxyl groups is 1. The molecule has 0 amide bonds. The van der Waals surface area contributed by atoms with Crippen LogP contribution in [0, 0.1) is 0 Å². The van der Waals surface area contributed by atoms with Gasteiger partial charge < -0.3 is 14.6 Å². The molecule has 0 aliphatic rings. The van der Waals surface area contributed by atoms with E-state index in [0.29, 0.717) is 13.2 Å². The molecule has 0 radical (unpaired) electrons. The smallest absolute Gasteiger partial charge is 0.0615 e. The summed E-state index contributed by atoms with van der Waals surface area (Å²) in [5.41, 5.74) is 0.858. The van der Waals surface area contributed by atoms with E-state index in [-0.39, 0.29) is 18.1 Å². The van der Waals surface area contributed by atoms with Gasteiger partial charge in [0.1, 0.15) is 0 Å². The van der Waals surface area contributed by atoms with Gasteiger partial charge in [-0.15, -0.1) is 0 Å². The van der Waals surface area contributed by atoms with E-state index in [9.17, 15) is 5.11 Å². The number of aliphatic hydroxyl groups excluding tert-OH is 1. The molecule has 0 saturated heterocycles. The van der Waals surface area contributed by atoms with E-state index in [1.165, 1.54) is 0 Å². The van der Waals surface area contributed by atoms with E-state index in [0.717, 1.165) is 18.7 Å². The van der Waals surface area contributed by atoms with Crippen molar-refractivity contribution >= 4 is 0 Å². The molecule has 1 aromatic rings. The molecule has 0 bridgehead atoms. The zero-order valence-corrected chi connectivity index (χ0v) is 13.7. The van der Waals surface area contributed by atoms with E-state index < -0.39 is 0 Å². The fourth-order valence-corrected chi connectivity index (χ4v) is 2.53. The quantitative estimate of drug-likeness (QED) is 0.716. The summed E-state index contributed by atoms with van der Waals surface area (Å²) in [6.45, 7) is 7.28. The second-order valence-electron chi connectivity index (χ2n) is 5.85. The van der Waals surface area contributed by atoms with Gasteiger partial charge in [-0.3, -0.25) is 4.90 Å². The molecule has 4 heteroatoms. The van der Waals surface area contributed by atoms with E-state index in [4.69, 9.17) is 9.47 Å². The second kappa shape index (κ2) is 9.15. The van der Waals surface area contributed by atoms with Crippen LogP contribution in [-0.2, 0) is 14.9 Å². The lowest BCUT2D eigenvalue weighted by molar-refractivity contribution is 0.0502. The first-order valence-corrected chi connectivity index (χ1v) is 7.45. The van der Waals surface area contributed by atoms with Crippen LogP contribution >= 0.6 is 0 Å². The van der Waals surface area contributed by atoms with E-state index >= 15 is 0 Å². The van der Waals surface area contributed by atoms with Crippen molar-refractivity contribution < 1.29 is 14.6 Å². The van der Waals surface area contributed by atoms with E-state index in [1.807, 2.05) is 18.2 Å². The van der Waals surface area contributed by atoms with Crippen molar-refractivity contribution in [2.75, 3.05) is 47.1 Å². The van der Waals surface area contributed by atoms with Crippen LogP contribution in [0.15, 0.2) is 30.3 Å². The highest BCUT2D eigenvalue weighted by molar-refractivity contribution is 5.25. The van der Waals surface area contributed by atoms with Crippen molar-refractivity contribution in [2.24, 2.45) is 0 Å². The zero-order valence-electron chi connectivity index (χ0n) is 13.7. The molecule has 0 spiro atoms. The Hall–Kier alpha value is -0.940. The molecule has 4 nitrogen and oxygen atoms in total. The van der Waals surface area contributed by atoms with Crippen molar-refractivity contribution in [3.63, 3.8) is 0 Å². The van der Waals surface area contributed by atoms with Crippen LogP contribution in [0.25, 0.3) is 0 Å². The highest BCUT2D eigenvalue weighted by Crippen LogP contribution is 2.25. The largest absolute Gasteiger partial charge is 0.395 e. The molecule has 0 aromatic heterocycles. The van der Waals surface area contributed by atoms with Gasteiger partial charge in [-0.25, -0.2) is 0 Å². The molecule has 0 aliphatic heterocycles. The molecule has 2 atom stereocenters. The minimum atomic E-state index is -0.295. The summed E-state index contributed by atoms with van der Waals surface area (Å²) >= 11 is 0. The monoisotopic (exact) mass is 295 g/mol. The van der Waals surface area contributed by atoms with Crippen molar-refractivity contribution in [2.45, 2.75) is 25.3 Å². The predicted octanol–water partition coefficient (Wildman–Crippen LogP) is 1.92. The summed E-state index contributed by atoms with van der Waals surface area (Å²) in [6, 6.07) is 10.5. The molecule has 2 unspecified atom stereocenters. The van der Waals surface area contributed by atoms with Crippen LogP contribution < -0.4 is 0 Å². The summed E-state index contributed by atoms with van der Waals surface area (Å²) in [4.78, 5) is 2.32. The van der Waals surface area contributed by atoms with Gasteiger partial charge in [0.25, 0.3) is 0 Å². The topological polar surface area (TPSA) is 41.9 Å². The number of rotatable bonds is 10. The molecule has 0 fully saturated rings. The van der Waals surface area contributed by atoms with Gasteiger partial charge in [0, 0.05) is 38.8 Å². The fourth-order valence-electron chi connectivity index (χ4n) is 2.53. The number of hydrogen-bond acceptors (Lipinski definition) is 4. The van der Waals surface area contributed by atoms with Gasteiger partial charge in [-0.2, -0.15) is 0 Å². The van der Waals surface area contributed by atoms with Gasteiger partial charge in [0.15, 0.2) is 0 Å². The summed E-state index contributed by atoms with van der Waals surface area (Å²) in [5.74, 6) is 0. The SMILES string of the molecule is COCCN(CC(C)(CO)c1ccccc1)C(C)COC. The molecule has 1 rings (SSSR count). The Morgan fingerprint density at radius 1 is 1.19 bits per heavy atom. The molecule has 0 aliphatic carbocycles. The van der Waals surface area contributed by atoms with Crippen LogP contribution in [0.3, 0.4) is 0 Å². The summed E-state index contributed by atoms with van der Waals surface area (Å²) in [5, 5.41) is 9.94. The molecule has 1 N–H and O–H groups in total. The summed E-state index contributed by atoms with van der Waals surface area (Å²) < 4.78 is 10.5. The maximum absolute atomic E-state index is 9.94. The van der Waals surface area contributed by atoms with Crippen LogP contribution in [0.4, 0.5) is 0 Å². The van der Waals surface area contributed by atoms with Gasteiger partial charge >= 0.3 is 0 Å². The van der Waals surface area contributed by atoms with Crippen LogP contribution in [0.5, 0.6) is 0 Å². The molecule has 120 valence electrons. The highest BCUT2D eigenvalue weighted by Gasteiger charge is 2.30. The third-order valence-corrected chi connectivity index (χ3v) is 3.99. The summed E-state index contributed by atoms with van der Waals surface area (Å²) in [7, 11) is 3.43. The maximum atomic E-state index is 9.94. The Bertz CT molecular complexity index is 385. The average molecular weight is 295 g/mol. The van der Waals surface area contributed by atoms with Crippen molar-refractivity contribution in [3.8, 4) is 0 Å². The van der Waals surface area contributed by atoms with E-state index in [1.54, 1.807) is 14.2 Å².